The van der Waals surface area contributed by atoms with E-state index in [4.69, 9.17) is 21.1 Å². The fourth-order valence-electron chi connectivity index (χ4n) is 4.53. The van der Waals surface area contributed by atoms with Crippen LogP contribution in [0.15, 0.2) is 121 Å². The second-order valence-corrected chi connectivity index (χ2v) is 9.67. The van der Waals surface area contributed by atoms with Crippen LogP contribution in [0.5, 0.6) is 11.5 Å². The highest BCUT2D eigenvalue weighted by Gasteiger charge is 2.24. The first-order valence-electron chi connectivity index (χ1n) is 12.7. The smallest absolute Gasteiger partial charge is 0.166 e. The van der Waals surface area contributed by atoms with Gasteiger partial charge in [-0.1, -0.05) is 72.8 Å². The second kappa shape index (κ2) is 13.0. The van der Waals surface area contributed by atoms with Crippen molar-refractivity contribution in [3.63, 3.8) is 0 Å². The van der Waals surface area contributed by atoms with E-state index in [2.05, 4.69) is 11.9 Å². The molecular formula is C34H32ClNO3. The lowest BCUT2D eigenvalue weighted by Crippen LogP contribution is -2.18. The first kappa shape index (κ1) is 27.7. The number of methoxy groups -OCH3 is 2. The fraction of sp³-hybridized carbons (Fsp3) is 0.147. The molecule has 0 aromatic heterocycles. The van der Waals surface area contributed by atoms with Gasteiger partial charge in [-0.15, -0.1) is 0 Å². The van der Waals surface area contributed by atoms with Gasteiger partial charge in [0.2, 0.25) is 0 Å². The first-order valence-corrected chi connectivity index (χ1v) is 13.1. The number of ether oxygens (including phenoxy) is 2. The van der Waals surface area contributed by atoms with Gasteiger partial charge in [0.05, 0.1) is 20.3 Å². The van der Waals surface area contributed by atoms with Gasteiger partial charge < -0.3 is 14.8 Å². The van der Waals surface area contributed by atoms with Crippen molar-refractivity contribution in [1.82, 2.24) is 0 Å². The Morgan fingerprint density at radius 1 is 0.795 bits per heavy atom. The summed E-state index contributed by atoms with van der Waals surface area (Å²) in [4.78, 5) is 14.2. The zero-order chi connectivity index (χ0) is 27.8. The molecule has 0 saturated heterocycles. The zero-order valence-corrected chi connectivity index (χ0v) is 23.2. The fourth-order valence-corrected chi connectivity index (χ4v) is 4.66. The largest absolute Gasteiger partial charge is 0.497 e. The van der Waals surface area contributed by atoms with Crippen LogP contribution in [0, 0.1) is 0 Å². The molecule has 4 aromatic carbocycles. The Morgan fingerprint density at radius 3 is 1.77 bits per heavy atom. The molecule has 0 fully saturated rings. The Balaban J connectivity index is 1.81. The van der Waals surface area contributed by atoms with E-state index in [1.165, 1.54) is 0 Å². The Bertz CT molecular complexity index is 1390. The topological polar surface area (TPSA) is 47.6 Å². The minimum atomic E-state index is -0.278. The summed E-state index contributed by atoms with van der Waals surface area (Å²) >= 11 is 6.17. The number of carbonyl (C=O) groups excluding carboxylic acids is 1. The van der Waals surface area contributed by atoms with E-state index in [1.807, 2.05) is 110 Å². The average Bonchev–Trinajstić information content (AvgIpc) is 2.96. The van der Waals surface area contributed by atoms with Crippen LogP contribution in [0.2, 0.25) is 5.02 Å². The molecule has 0 saturated carbocycles. The Morgan fingerprint density at radius 2 is 1.31 bits per heavy atom. The SMILES string of the molecule is C=C(C)C(C(=O)CC(Nc1ccccc1)c1ccc(Cl)cc1)=C(c1ccc(OC)cc1)c1ccc(OC)cc1. The van der Waals surface area contributed by atoms with Crippen molar-refractivity contribution in [3.8, 4) is 11.5 Å². The highest BCUT2D eigenvalue weighted by Crippen LogP contribution is 2.35. The Labute approximate surface area is 235 Å². The predicted molar refractivity (Wildman–Crippen MR) is 161 cm³/mol. The molecule has 0 amide bonds. The molecule has 1 atom stereocenters. The van der Waals surface area contributed by atoms with Gasteiger partial charge in [-0.05, 0) is 83.3 Å². The molecule has 1 N–H and O–H groups in total. The molecule has 4 aromatic rings. The van der Waals surface area contributed by atoms with Gasteiger partial charge in [0, 0.05) is 22.7 Å². The van der Waals surface area contributed by atoms with Crippen LogP contribution in [0.25, 0.3) is 5.57 Å². The van der Waals surface area contributed by atoms with Crippen LogP contribution >= 0.6 is 11.6 Å². The number of carbonyl (C=O) groups is 1. The molecule has 0 radical (unpaired) electrons. The number of para-hydroxylation sites is 1. The third kappa shape index (κ3) is 6.98. The molecule has 198 valence electrons. The van der Waals surface area contributed by atoms with Gasteiger partial charge in [-0.2, -0.15) is 0 Å². The zero-order valence-electron chi connectivity index (χ0n) is 22.4. The first-order chi connectivity index (χ1) is 18.9. The molecule has 4 nitrogen and oxygen atoms in total. The summed E-state index contributed by atoms with van der Waals surface area (Å²) in [6.45, 7) is 6.10. The lowest BCUT2D eigenvalue weighted by atomic mass is 9.85. The van der Waals surface area contributed by atoms with Gasteiger partial charge in [0.15, 0.2) is 5.78 Å². The molecule has 0 bridgehead atoms. The molecule has 39 heavy (non-hydrogen) atoms. The van der Waals surface area contributed by atoms with Crippen LogP contribution in [0.3, 0.4) is 0 Å². The van der Waals surface area contributed by atoms with Gasteiger partial charge in [-0.25, -0.2) is 0 Å². The maximum Gasteiger partial charge on any atom is 0.166 e. The lowest BCUT2D eigenvalue weighted by molar-refractivity contribution is -0.115. The van der Waals surface area contributed by atoms with Crippen molar-refractivity contribution >= 4 is 28.6 Å². The minimum absolute atomic E-state index is 0.0208. The third-order valence-electron chi connectivity index (χ3n) is 6.49. The van der Waals surface area contributed by atoms with E-state index >= 15 is 0 Å². The monoisotopic (exact) mass is 537 g/mol. The number of benzene rings is 4. The predicted octanol–water partition coefficient (Wildman–Crippen LogP) is 8.55. The molecule has 4 rings (SSSR count). The van der Waals surface area contributed by atoms with Crippen LogP contribution in [0.4, 0.5) is 5.69 Å². The quantitative estimate of drug-likeness (QED) is 0.154. The van der Waals surface area contributed by atoms with Crippen LogP contribution in [0.1, 0.15) is 36.1 Å². The normalized spacial score (nSPS) is 11.3. The molecular weight excluding hydrogens is 506 g/mol. The van der Waals surface area contributed by atoms with Gasteiger partial charge in [0.1, 0.15) is 11.5 Å². The Hall–Kier alpha value is -4.28. The summed E-state index contributed by atoms with van der Waals surface area (Å²) < 4.78 is 10.7. The molecule has 0 aliphatic rings. The van der Waals surface area contributed by atoms with Crippen LogP contribution < -0.4 is 14.8 Å². The van der Waals surface area contributed by atoms with Crippen LogP contribution in [-0.4, -0.2) is 20.0 Å². The lowest BCUT2D eigenvalue weighted by Gasteiger charge is -2.23. The Kier molecular flexibility index (Phi) is 9.24. The second-order valence-electron chi connectivity index (χ2n) is 9.23. The van der Waals surface area contributed by atoms with Gasteiger partial charge >= 0.3 is 0 Å². The van der Waals surface area contributed by atoms with E-state index in [-0.39, 0.29) is 18.2 Å². The van der Waals surface area contributed by atoms with Crippen molar-refractivity contribution in [2.75, 3.05) is 19.5 Å². The van der Waals surface area contributed by atoms with Crippen molar-refractivity contribution in [2.24, 2.45) is 0 Å². The number of Topliss-reactive ketones (excluding diaryl/α,β-unsaturated/α-hetero) is 1. The molecule has 0 spiro atoms. The molecule has 1 unspecified atom stereocenters. The van der Waals surface area contributed by atoms with E-state index in [9.17, 15) is 4.79 Å². The molecule has 0 aliphatic heterocycles. The summed E-state index contributed by atoms with van der Waals surface area (Å²) in [5.74, 6) is 1.46. The number of halogens is 1. The summed E-state index contributed by atoms with van der Waals surface area (Å²) in [6.07, 6.45) is 0.217. The molecule has 5 heteroatoms. The number of anilines is 1. The number of nitrogens with one attached hydrogen (secondary N) is 1. The number of ketones is 1. The van der Waals surface area contributed by atoms with Crippen molar-refractivity contribution < 1.29 is 14.3 Å². The highest BCUT2D eigenvalue weighted by atomic mass is 35.5. The van der Waals surface area contributed by atoms with E-state index in [0.29, 0.717) is 16.2 Å². The summed E-state index contributed by atoms with van der Waals surface area (Å²) in [6, 6.07) is 32.6. The number of rotatable bonds is 11. The van der Waals surface area contributed by atoms with E-state index < -0.39 is 0 Å². The number of allylic oxidation sites excluding steroid dienone is 2. The molecule has 0 heterocycles. The van der Waals surface area contributed by atoms with Crippen molar-refractivity contribution in [2.45, 2.75) is 19.4 Å². The van der Waals surface area contributed by atoms with E-state index in [1.54, 1.807) is 14.2 Å². The van der Waals surface area contributed by atoms with E-state index in [0.717, 1.165) is 39.4 Å². The summed E-state index contributed by atoms with van der Waals surface area (Å²) in [7, 11) is 3.27. The number of hydrogen-bond donors (Lipinski definition) is 1. The minimum Gasteiger partial charge on any atom is -0.497 e. The standard InChI is InChI=1S/C34H32ClNO3/c1-23(2)33(34(25-12-18-29(38-3)19-13-25)26-14-20-30(39-4)21-15-26)32(37)22-31(24-10-16-27(35)17-11-24)36-28-8-6-5-7-9-28/h5-21,31,36H,1,22H2,2-4H3. The number of hydrogen-bond acceptors (Lipinski definition) is 4. The maximum atomic E-state index is 14.2. The van der Waals surface area contributed by atoms with Crippen molar-refractivity contribution in [1.29, 1.82) is 0 Å². The van der Waals surface area contributed by atoms with Crippen molar-refractivity contribution in [3.05, 3.63) is 143 Å². The highest BCUT2D eigenvalue weighted by molar-refractivity contribution is 6.30. The van der Waals surface area contributed by atoms with Crippen LogP contribution in [-0.2, 0) is 4.79 Å². The average molecular weight is 538 g/mol. The van der Waals surface area contributed by atoms with Gasteiger partial charge in [0.25, 0.3) is 0 Å². The maximum absolute atomic E-state index is 14.2. The van der Waals surface area contributed by atoms with Gasteiger partial charge in [-0.3, -0.25) is 4.79 Å². The molecule has 0 aliphatic carbocycles. The summed E-state index contributed by atoms with van der Waals surface area (Å²) in [5, 5.41) is 4.18. The summed E-state index contributed by atoms with van der Waals surface area (Å²) in [5.41, 5.74) is 5.77. The third-order valence-corrected chi connectivity index (χ3v) is 6.74.